The van der Waals surface area contributed by atoms with E-state index in [9.17, 15) is 4.79 Å². The summed E-state index contributed by atoms with van der Waals surface area (Å²) < 4.78 is 1.90. The molecule has 0 fully saturated rings. The number of nitrogens with one attached hydrogen (secondary N) is 2. The summed E-state index contributed by atoms with van der Waals surface area (Å²) in [7, 11) is 0. The fraction of sp³-hybridized carbons (Fsp3) is 0.318. The van der Waals surface area contributed by atoms with Crippen LogP contribution in [-0.2, 0) is 17.6 Å². The van der Waals surface area contributed by atoms with Gasteiger partial charge in [-0.25, -0.2) is 4.68 Å². The van der Waals surface area contributed by atoms with Gasteiger partial charge >= 0.3 is 0 Å². The molecule has 30 heavy (non-hydrogen) atoms. The first kappa shape index (κ1) is 20.8. The van der Waals surface area contributed by atoms with Crippen molar-refractivity contribution in [2.45, 2.75) is 50.1 Å². The molecule has 0 saturated heterocycles. The van der Waals surface area contributed by atoms with E-state index in [-0.39, 0.29) is 11.9 Å². The van der Waals surface area contributed by atoms with Crippen LogP contribution in [-0.4, -0.2) is 26.0 Å². The minimum Gasteiger partial charge on any atom is -0.325 e. The molecule has 0 spiro atoms. The van der Waals surface area contributed by atoms with Crippen molar-refractivity contribution in [2.75, 3.05) is 10.7 Å². The number of fused-ring (bicyclic) bond motifs is 1. The maximum atomic E-state index is 13.4. The fourth-order valence-corrected chi connectivity index (χ4v) is 4.76. The number of thioether (sulfide) groups is 1. The number of benzene rings is 2. The van der Waals surface area contributed by atoms with Crippen LogP contribution < -0.4 is 10.7 Å². The van der Waals surface area contributed by atoms with E-state index in [1.807, 2.05) is 36.7 Å². The van der Waals surface area contributed by atoms with Crippen molar-refractivity contribution in [3.63, 3.8) is 0 Å². The number of aryl methyl sites for hydroxylation is 2. The van der Waals surface area contributed by atoms with E-state index in [1.165, 1.54) is 17.3 Å². The molecule has 2 aromatic carbocycles. The van der Waals surface area contributed by atoms with Gasteiger partial charge in [-0.1, -0.05) is 67.5 Å². The molecular weight excluding hydrogens is 418 g/mol. The molecule has 156 valence electrons. The lowest BCUT2D eigenvalue weighted by atomic mass is 10.0. The van der Waals surface area contributed by atoms with Crippen molar-refractivity contribution in [1.82, 2.24) is 14.9 Å². The van der Waals surface area contributed by atoms with E-state index in [2.05, 4.69) is 52.1 Å². The van der Waals surface area contributed by atoms with Crippen LogP contribution in [0.15, 0.2) is 47.6 Å². The average Bonchev–Trinajstić information content (AvgIpc) is 3.18. The molecule has 2 atom stereocenters. The summed E-state index contributed by atoms with van der Waals surface area (Å²) in [5.41, 5.74) is 7.35. The molecule has 0 aliphatic carbocycles. The van der Waals surface area contributed by atoms with Crippen molar-refractivity contribution in [3.05, 3.63) is 70.0 Å². The molecule has 2 heterocycles. The summed E-state index contributed by atoms with van der Waals surface area (Å²) >= 11 is 7.66. The normalized spacial score (nSPS) is 17.9. The van der Waals surface area contributed by atoms with E-state index in [0.717, 1.165) is 35.5 Å². The Morgan fingerprint density at radius 3 is 2.63 bits per heavy atom. The lowest BCUT2D eigenvalue weighted by molar-refractivity contribution is -0.116. The standard InChI is InChI=1S/C22H24ClN5OS/c1-4-14-9-11-15(12-10-14)19-20(30-22-26-25-18(5-2)28(22)27-19)21(29)24-17-8-6-7-16(23)13(17)3/h6-12,19-20,27H,4-5H2,1-3H3,(H,24,29). The summed E-state index contributed by atoms with van der Waals surface area (Å²) in [5, 5.41) is 12.5. The van der Waals surface area contributed by atoms with Crippen molar-refractivity contribution in [2.24, 2.45) is 0 Å². The number of hydrogen-bond acceptors (Lipinski definition) is 5. The van der Waals surface area contributed by atoms with Crippen LogP contribution in [0.25, 0.3) is 0 Å². The van der Waals surface area contributed by atoms with Crippen molar-refractivity contribution >= 4 is 35.0 Å². The molecule has 0 radical (unpaired) electrons. The van der Waals surface area contributed by atoms with Crippen molar-refractivity contribution < 1.29 is 4.79 Å². The molecule has 6 nitrogen and oxygen atoms in total. The zero-order valence-electron chi connectivity index (χ0n) is 17.1. The molecule has 8 heteroatoms. The average molecular weight is 442 g/mol. The van der Waals surface area contributed by atoms with Crippen LogP contribution in [0.2, 0.25) is 5.02 Å². The van der Waals surface area contributed by atoms with Crippen LogP contribution in [0.1, 0.15) is 42.4 Å². The van der Waals surface area contributed by atoms with Gasteiger partial charge in [-0.3, -0.25) is 4.79 Å². The van der Waals surface area contributed by atoms with Crippen molar-refractivity contribution in [1.29, 1.82) is 0 Å². The van der Waals surface area contributed by atoms with Gasteiger partial charge in [-0.05, 0) is 42.2 Å². The number of carbonyl (C=O) groups excluding carboxylic acids is 1. The van der Waals surface area contributed by atoms with E-state index >= 15 is 0 Å². The maximum absolute atomic E-state index is 13.4. The second kappa shape index (κ2) is 8.70. The van der Waals surface area contributed by atoms with Gasteiger partial charge in [0.2, 0.25) is 11.1 Å². The zero-order chi connectivity index (χ0) is 21.3. The highest BCUT2D eigenvalue weighted by atomic mass is 35.5. The smallest absolute Gasteiger partial charge is 0.240 e. The Kier molecular flexibility index (Phi) is 6.01. The highest BCUT2D eigenvalue weighted by Gasteiger charge is 2.37. The first-order valence-electron chi connectivity index (χ1n) is 10.0. The van der Waals surface area contributed by atoms with E-state index < -0.39 is 5.25 Å². The minimum absolute atomic E-state index is 0.102. The van der Waals surface area contributed by atoms with Crippen LogP contribution in [0.5, 0.6) is 0 Å². The summed E-state index contributed by atoms with van der Waals surface area (Å²) in [6.07, 6.45) is 1.72. The molecule has 4 rings (SSSR count). The van der Waals surface area contributed by atoms with Crippen LogP contribution in [0.4, 0.5) is 5.69 Å². The molecule has 2 N–H and O–H groups in total. The van der Waals surface area contributed by atoms with Gasteiger partial charge in [0.05, 0.1) is 6.04 Å². The monoisotopic (exact) mass is 441 g/mol. The summed E-state index contributed by atoms with van der Waals surface area (Å²) in [6.45, 7) is 6.06. The van der Waals surface area contributed by atoms with Crippen molar-refractivity contribution in [3.8, 4) is 0 Å². The molecule has 1 aromatic heterocycles. The summed E-state index contributed by atoms with van der Waals surface area (Å²) in [5.74, 6) is 0.743. The number of nitrogens with zero attached hydrogens (tertiary/aromatic N) is 3. The number of aromatic nitrogens is 3. The number of hydrogen-bond donors (Lipinski definition) is 2. The highest BCUT2D eigenvalue weighted by molar-refractivity contribution is 8.00. The van der Waals surface area contributed by atoms with Crippen LogP contribution in [0, 0.1) is 6.92 Å². The van der Waals surface area contributed by atoms with E-state index in [1.54, 1.807) is 0 Å². The molecule has 0 saturated carbocycles. The topological polar surface area (TPSA) is 71.8 Å². The van der Waals surface area contributed by atoms with Gasteiger partial charge in [-0.15, -0.1) is 10.2 Å². The quantitative estimate of drug-likeness (QED) is 0.597. The number of anilines is 1. The van der Waals surface area contributed by atoms with Crippen LogP contribution >= 0.6 is 23.4 Å². The molecule has 1 aliphatic rings. The first-order chi connectivity index (χ1) is 14.5. The van der Waals surface area contributed by atoms with E-state index in [0.29, 0.717) is 10.2 Å². The fourth-order valence-electron chi connectivity index (χ4n) is 3.49. The second-order valence-electron chi connectivity index (χ2n) is 7.23. The molecular formula is C22H24ClN5OS. The highest BCUT2D eigenvalue weighted by Crippen LogP contribution is 2.38. The zero-order valence-corrected chi connectivity index (χ0v) is 18.7. The number of carbonyl (C=O) groups is 1. The first-order valence-corrected chi connectivity index (χ1v) is 11.3. The number of halogens is 1. The SMILES string of the molecule is CCc1ccc(C2Nn3c(CC)nnc3SC2C(=O)Nc2cccc(Cl)c2C)cc1. The number of rotatable bonds is 5. The Balaban J connectivity index is 1.68. The molecule has 1 amide bonds. The van der Waals surface area contributed by atoms with Gasteiger partial charge in [0, 0.05) is 17.1 Å². The Labute approximate surface area is 185 Å². The third kappa shape index (κ3) is 3.91. The van der Waals surface area contributed by atoms with Gasteiger partial charge in [-0.2, -0.15) is 0 Å². The van der Waals surface area contributed by atoms with Gasteiger partial charge in [0.15, 0.2) is 5.82 Å². The number of amides is 1. The third-order valence-corrected chi connectivity index (χ3v) is 6.98. The Bertz CT molecular complexity index is 1070. The predicted molar refractivity (Wildman–Crippen MR) is 122 cm³/mol. The van der Waals surface area contributed by atoms with E-state index in [4.69, 9.17) is 11.6 Å². The largest absolute Gasteiger partial charge is 0.325 e. The Hall–Kier alpha value is -2.51. The third-order valence-electron chi connectivity index (χ3n) is 5.35. The van der Waals surface area contributed by atoms with Crippen LogP contribution in [0.3, 0.4) is 0 Å². The molecule has 2 unspecified atom stereocenters. The minimum atomic E-state index is -0.419. The summed E-state index contributed by atoms with van der Waals surface area (Å²) in [6, 6.07) is 13.7. The summed E-state index contributed by atoms with van der Waals surface area (Å²) in [4.78, 5) is 13.4. The second-order valence-corrected chi connectivity index (χ2v) is 8.75. The maximum Gasteiger partial charge on any atom is 0.240 e. The molecule has 3 aromatic rings. The Morgan fingerprint density at radius 2 is 1.93 bits per heavy atom. The molecule has 1 aliphatic heterocycles. The Morgan fingerprint density at radius 1 is 1.17 bits per heavy atom. The lowest BCUT2D eigenvalue weighted by Gasteiger charge is -2.33. The predicted octanol–water partition coefficient (Wildman–Crippen LogP) is 4.76. The van der Waals surface area contributed by atoms with Gasteiger partial charge < -0.3 is 10.7 Å². The molecule has 0 bridgehead atoms. The van der Waals surface area contributed by atoms with Gasteiger partial charge in [0.25, 0.3) is 0 Å². The van der Waals surface area contributed by atoms with Gasteiger partial charge in [0.1, 0.15) is 5.25 Å². The lowest BCUT2D eigenvalue weighted by Crippen LogP contribution is -2.41.